The van der Waals surface area contributed by atoms with E-state index in [9.17, 15) is 9.59 Å². The van der Waals surface area contributed by atoms with Gasteiger partial charge in [0.25, 0.3) is 0 Å². The third-order valence-corrected chi connectivity index (χ3v) is 8.48. The van der Waals surface area contributed by atoms with E-state index in [0.717, 1.165) is 61.1 Å². The van der Waals surface area contributed by atoms with Crippen LogP contribution in [0, 0.1) is 6.92 Å². The molecule has 1 saturated heterocycles. The van der Waals surface area contributed by atoms with E-state index in [0.29, 0.717) is 17.9 Å². The van der Waals surface area contributed by atoms with Gasteiger partial charge in [0, 0.05) is 38.4 Å². The number of nitrogens with zero attached hydrogens (tertiary/aromatic N) is 4. The number of esters is 1. The van der Waals surface area contributed by atoms with Crippen LogP contribution in [0.2, 0.25) is 0 Å². The lowest BCUT2D eigenvalue weighted by molar-refractivity contribution is -0.139. The van der Waals surface area contributed by atoms with E-state index in [-0.39, 0.29) is 24.3 Å². The maximum absolute atomic E-state index is 13.5. The number of ether oxygens (including phenoxy) is 1. The summed E-state index contributed by atoms with van der Waals surface area (Å²) in [5.74, 6) is -0.251. The molecule has 2 aromatic rings. The molecule has 0 unspecified atom stereocenters. The van der Waals surface area contributed by atoms with Gasteiger partial charge in [-0.2, -0.15) is 0 Å². The molecule has 1 amide bonds. The van der Waals surface area contributed by atoms with Crippen molar-refractivity contribution in [3.05, 3.63) is 93.7 Å². The van der Waals surface area contributed by atoms with Gasteiger partial charge in [0.2, 0.25) is 5.91 Å². The highest BCUT2D eigenvalue weighted by atomic mass is 32.2. The number of amidine groups is 1. The SMILES string of the molecule is CCOC(=O)C1=C(C)N=C2SC=C(CC(=O)N3CCN(CCc4ccccc4)CC3)N2[C@@H]1c1ccccc1C. The summed E-state index contributed by atoms with van der Waals surface area (Å²) in [5, 5.41) is 2.81. The lowest BCUT2D eigenvalue weighted by atomic mass is 9.91. The van der Waals surface area contributed by atoms with Crippen LogP contribution in [0.5, 0.6) is 0 Å². The summed E-state index contributed by atoms with van der Waals surface area (Å²) in [7, 11) is 0. The van der Waals surface area contributed by atoms with Crippen molar-refractivity contribution in [1.29, 1.82) is 0 Å². The molecule has 8 heteroatoms. The zero-order valence-corrected chi connectivity index (χ0v) is 23.7. The smallest absolute Gasteiger partial charge is 0.338 e. The first kappa shape index (κ1) is 27.2. The molecule has 3 heterocycles. The molecule has 204 valence electrons. The van der Waals surface area contributed by atoms with E-state index >= 15 is 0 Å². The van der Waals surface area contributed by atoms with Crippen molar-refractivity contribution in [1.82, 2.24) is 14.7 Å². The number of hydrogen-bond donors (Lipinski definition) is 0. The van der Waals surface area contributed by atoms with Gasteiger partial charge in [0.1, 0.15) is 0 Å². The molecule has 0 aromatic heterocycles. The summed E-state index contributed by atoms with van der Waals surface area (Å²) < 4.78 is 5.46. The average Bonchev–Trinajstić information content (AvgIpc) is 3.34. The maximum Gasteiger partial charge on any atom is 0.338 e. The second-order valence-corrected chi connectivity index (χ2v) is 10.9. The number of thioether (sulfide) groups is 1. The van der Waals surface area contributed by atoms with Crippen molar-refractivity contribution in [2.45, 2.75) is 39.7 Å². The zero-order valence-electron chi connectivity index (χ0n) is 22.9. The summed E-state index contributed by atoms with van der Waals surface area (Å²) >= 11 is 1.51. The number of hydrogen-bond acceptors (Lipinski definition) is 7. The predicted octanol–water partition coefficient (Wildman–Crippen LogP) is 4.91. The highest BCUT2D eigenvalue weighted by Crippen LogP contribution is 2.45. The Labute approximate surface area is 235 Å². The van der Waals surface area contributed by atoms with E-state index in [2.05, 4.69) is 34.1 Å². The Morgan fingerprint density at radius 2 is 1.72 bits per heavy atom. The number of amides is 1. The summed E-state index contributed by atoms with van der Waals surface area (Å²) in [5.41, 5.74) is 5.50. The number of carbonyl (C=O) groups excluding carboxylic acids is 2. The van der Waals surface area contributed by atoms with Crippen LogP contribution in [0.25, 0.3) is 0 Å². The molecule has 0 saturated carbocycles. The van der Waals surface area contributed by atoms with Crippen molar-refractivity contribution in [3.8, 4) is 0 Å². The maximum atomic E-state index is 13.5. The summed E-state index contributed by atoms with van der Waals surface area (Å²) in [6, 6.07) is 18.2. The molecular formula is C31H36N4O3S. The van der Waals surface area contributed by atoms with Gasteiger partial charge in [-0.05, 0) is 49.3 Å². The van der Waals surface area contributed by atoms with E-state index in [1.165, 1.54) is 17.3 Å². The van der Waals surface area contributed by atoms with Crippen LogP contribution in [0.1, 0.15) is 43.0 Å². The van der Waals surface area contributed by atoms with Crippen molar-refractivity contribution < 1.29 is 14.3 Å². The topological polar surface area (TPSA) is 65.5 Å². The Hall–Kier alpha value is -3.36. The molecule has 2 aromatic carbocycles. The van der Waals surface area contributed by atoms with E-state index in [1.54, 1.807) is 0 Å². The van der Waals surface area contributed by atoms with Gasteiger partial charge in [0.15, 0.2) is 5.17 Å². The van der Waals surface area contributed by atoms with Crippen molar-refractivity contribution in [2.24, 2.45) is 4.99 Å². The van der Waals surface area contributed by atoms with Gasteiger partial charge in [0.05, 0.1) is 30.3 Å². The van der Waals surface area contributed by atoms with Crippen LogP contribution >= 0.6 is 11.8 Å². The fraction of sp³-hybridized carbons (Fsp3) is 0.387. The highest BCUT2D eigenvalue weighted by Gasteiger charge is 2.42. The van der Waals surface area contributed by atoms with Gasteiger partial charge in [-0.1, -0.05) is 66.4 Å². The lowest BCUT2D eigenvalue weighted by Gasteiger charge is -2.38. The van der Waals surface area contributed by atoms with Crippen LogP contribution < -0.4 is 0 Å². The predicted molar refractivity (Wildman–Crippen MR) is 156 cm³/mol. The number of allylic oxidation sites excluding steroid dienone is 1. The largest absolute Gasteiger partial charge is 0.463 e. The van der Waals surface area contributed by atoms with E-state index in [1.807, 2.05) is 61.4 Å². The number of aryl methyl sites for hydroxylation is 1. The summed E-state index contributed by atoms with van der Waals surface area (Å²) in [6.07, 6.45) is 1.29. The van der Waals surface area contributed by atoms with Crippen LogP contribution in [0.15, 0.2) is 82.0 Å². The molecule has 0 spiro atoms. The number of benzene rings is 2. The van der Waals surface area contributed by atoms with Crippen LogP contribution in [-0.2, 0) is 20.7 Å². The van der Waals surface area contributed by atoms with Crippen molar-refractivity contribution in [2.75, 3.05) is 39.3 Å². The first-order chi connectivity index (χ1) is 19.0. The minimum atomic E-state index is -0.387. The summed E-state index contributed by atoms with van der Waals surface area (Å²) in [6.45, 7) is 10.2. The number of aliphatic imine (C=N–C) groups is 1. The molecule has 3 aliphatic rings. The Balaban J connectivity index is 1.28. The van der Waals surface area contributed by atoms with E-state index in [4.69, 9.17) is 9.73 Å². The normalized spacial score (nSPS) is 19.5. The first-order valence-corrected chi connectivity index (χ1v) is 14.5. The van der Waals surface area contributed by atoms with Crippen molar-refractivity contribution in [3.63, 3.8) is 0 Å². The van der Waals surface area contributed by atoms with Crippen LogP contribution in [0.4, 0.5) is 0 Å². The molecule has 7 nitrogen and oxygen atoms in total. The number of rotatable bonds is 8. The van der Waals surface area contributed by atoms with Gasteiger partial charge in [-0.15, -0.1) is 0 Å². The fourth-order valence-electron chi connectivity index (χ4n) is 5.45. The monoisotopic (exact) mass is 544 g/mol. The Bertz CT molecular complexity index is 1310. The molecule has 0 aliphatic carbocycles. The Kier molecular flexibility index (Phi) is 8.53. The molecule has 3 aliphatic heterocycles. The molecule has 0 N–H and O–H groups in total. The molecule has 0 radical (unpaired) electrons. The average molecular weight is 545 g/mol. The van der Waals surface area contributed by atoms with E-state index < -0.39 is 0 Å². The first-order valence-electron chi connectivity index (χ1n) is 13.7. The minimum absolute atomic E-state index is 0.110. The van der Waals surface area contributed by atoms with Crippen molar-refractivity contribution >= 4 is 28.8 Å². The molecule has 1 fully saturated rings. The molecule has 39 heavy (non-hydrogen) atoms. The van der Waals surface area contributed by atoms with Crippen LogP contribution in [0.3, 0.4) is 0 Å². The van der Waals surface area contributed by atoms with Gasteiger partial charge in [-0.25, -0.2) is 9.79 Å². The van der Waals surface area contributed by atoms with Crippen LogP contribution in [-0.4, -0.2) is 71.1 Å². The van der Waals surface area contributed by atoms with Gasteiger partial charge in [-0.3, -0.25) is 9.69 Å². The number of fused-ring (bicyclic) bond motifs is 1. The lowest BCUT2D eigenvalue weighted by Crippen LogP contribution is -2.49. The number of piperazine rings is 1. The quantitative estimate of drug-likeness (QED) is 0.440. The van der Waals surface area contributed by atoms with Gasteiger partial charge >= 0.3 is 5.97 Å². The molecule has 0 bridgehead atoms. The summed E-state index contributed by atoms with van der Waals surface area (Å²) in [4.78, 5) is 37.9. The fourth-order valence-corrected chi connectivity index (χ4v) is 6.41. The third-order valence-electron chi connectivity index (χ3n) is 7.60. The Morgan fingerprint density at radius 3 is 2.44 bits per heavy atom. The highest BCUT2D eigenvalue weighted by molar-refractivity contribution is 8.16. The second-order valence-electron chi connectivity index (χ2n) is 10.1. The minimum Gasteiger partial charge on any atom is -0.463 e. The molecule has 5 rings (SSSR count). The van der Waals surface area contributed by atoms with Gasteiger partial charge < -0.3 is 14.5 Å². The Morgan fingerprint density at radius 1 is 1.00 bits per heavy atom. The zero-order chi connectivity index (χ0) is 27.4. The third kappa shape index (κ3) is 5.97. The molecular weight excluding hydrogens is 508 g/mol. The number of carbonyl (C=O) groups is 2. The molecule has 1 atom stereocenters. The second kappa shape index (κ2) is 12.2. The standard InChI is InChI=1S/C31H36N4O3S/c1-4-38-30(37)28-23(3)32-31-35(29(28)26-13-9-8-10-22(26)2)25(21-39-31)20-27(36)34-18-16-33(17-19-34)15-14-24-11-6-5-7-12-24/h5-13,21,29H,4,14-20H2,1-3H3/t29-/m1/s1.